The summed E-state index contributed by atoms with van der Waals surface area (Å²) in [5.74, 6) is 1.71. The van der Waals surface area contributed by atoms with E-state index in [-0.39, 0.29) is 11.9 Å². The van der Waals surface area contributed by atoms with E-state index in [1.165, 1.54) is 0 Å². The molecular formula is C20H24N2O3. The lowest BCUT2D eigenvalue weighted by Crippen LogP contribution is -2.42. The molecule has 5 heteroatoms. The third kappa shape index (κ3) is 4.51. The highest BCUT2D eigenvalue weighted by Crippen LogP contribution is 2.24. The van der Waals surface area contributed by atoms with Crippen LogP contribution >= 0.6 is 0 Å². The number of nitrogens with zero attached hydrogens (tertiary/aromatic N) is 1. The first-order chi connectivity index (χ1) is 12.2. The molecule has 0 spiro atoms. The minimum Gasteiger partial charge on any atom is -0.497 e. The van der Waals surface area contributed by atoms with Crippen LogP contribution in [0.1, 0.15) is 18.1 Å². The van der Waals surface area contributed by atoms with Gasteiger partial charge < -0.3 is 14.8 Å². The van der Waals surface area contributed by atoms with Crippen molar-refractivity contribution in [1.82, 2.24) is 10.2 Å². The Hall–Kier alpha value is -2.53. The van der Waals surface area contributed by atoms with E-state index in [0.29, 0.717) is 26.2 Å². The smallest absolute Gasteiger partial charge is 0.234 e. The average molecular weight is 340 g/mol. The summed E-state index contributed by atoms with van der Waals surface area (Å²) in [7, 11) is 1.64. The molecule has 1 aliphatic rings. The van der Waals surface area contributed by atoms with Gasteiger partial charge in [0, 0.05) is 24.7 Å². The van der Waals surface area contributed by atoms with Crippen LogP contribution in [0.25, 0.3) is 0 Å². The zero-order chi connectivity index (χ0) is 17.6. The van der Waals surface area contributed by atoms with E-state index in [0.717, 1.165) is 22.6 Å². The molecule has 3 rings (SSSR count). The van der Waals surface area contributed by atoms with Gasteiger partial charge in [0.05, 0.1) is 13.7 Å². The highest BCUT2D eigenvalue weighted by Gasteiger charge is 2.23. The summed E-state index contributed by atoms with van der Waals surface area (Å²) in [6.45, 7) is 4.22. The first-order valence-electron chi connectivity index (χ1n) is 8.50. The molecule has 1 aliphatic heterocycles. The Kier molecular flexibility index (Phi) is 5.56. The number of methoxy groups -OCH3 is 1. The number of hydrogen-bond donors (Lipinski definition) is 1. The second-order valence-corrected chi connectivity index (χ2v) is 6.30. The van der Waals surface area contributed by atoms with Crippen LogP contribution in [0.3, 0.4) is 0 Å². The molecule has 0 saturated heterocycles. The minimum absolute atomic E-state index is 0.00838. The second-order valence-electron chi connectivity index (χ2n) is 6.30. The topological polar surface area (TPSA) is 50.8 Å². The van der Waals surface area contributed by atoms with Gasteiger partial charge in [-0.05, 0) is 30.7 Å². The minimum atomic E-state index is 0.00838. The quantitative estimate of drug-likeness (QED) is 0.909. The maximum absolute atomic E-state index is 12.4. The molecule has 25 heavy (non-hydrogen) atoms. The van der Waals surface area contributed by atoms with Crippen LogP contribution in [0.2, 0.25) is 0 Å². The fraction of sp³-hybridized carbons (Fsp3) is 0.350. The van der Waals surface area contributed by atoms with E-state index < -0.39 is 0 Å². The number of nitrogens with one attached hydrogen (secondary N) is 1. The van der Waals surface area contributed by atoms with Crippen molar-refractivity contribution in [2.24, 2.45) is 0 Å². The lowest BCUT2D eigenvalue weighted by molar-refractivity contribution is -0.123. The summed E-state index contributed by atoms with van der Waals surface area (Å²) in [5, 5.41) is 2.99. The van der Waals surface area contributed by atoms with Gasteiger partial charge in [-0.25, -0.2) is 0 Å². The summed E-state index contributed by atoms with van der Waals surface area (Å²) in [6, 6.07) is 15.9. The van der Waals surface area contributed by atoms with Gasteiger partial charge in [-0.2, -0.15) is 0 Å². The Morgan fingerprint density at radius 1 is 1.28 bits per heavy atom. The van der Waals surface area contributed by atoms with Gasteiger partial charge in [0.25, 0.3) is 0 Å². The number of rotatable bonds is 5. The molecule has 1 unspecified atom stereocenters. The van der Waals surface area contributed by atoms with Gasteiger partial charge in [-0.3, -0.25) is 9.69 Å². The second kappa shape index (κ2) is 8.03. The fourth-order valence-corrected chi connectivity index (χ4v) is 2.90. The highest BCUT2D eigenvalue weighted by atomic mass is 16.5. The predicted octanol–water partition coefficient (Wildman–Crippen LogP) is 2.59. The number of amides is 1. The number of carbonyl (C=O) groups excluding carboxylic acids is 1. The largest absolute Gasteiger partial charge is 0.497 e. The number of ether oxygens (including phenoxy) is 2. The Bertz CT molecular complexity index is 732. The van der Waals surface area contributed by atoms with E-state index in [1.807, 2.05) is 42.5 Å². The number of hydrogen-bond acceptors (Lipinski definition) is 4. The monoisotopic (exact) mass is 340 g/mol. The zero-order valence-electron chi connectivity index (χ0n) is 14.7. The van der Waals surface area contributed by atoms with E-state index in [4.69, 9.17) is 9.47 Å². The van der Waals surface area contributed by atoms with Crippen LogP contribution in [0, 0.1) is 0 Å². The van der Waals surface area contributed by atoms with Gasteiger partial charge in [-0.1, -0.05) is 30.3 Å². The van der Waals surface area contributed by atoms with Crippen LogP contribution in [0.5, 0.6) is 11.5 Å². The van der Waals surface area contributed by atoms with Gasteiger partial charge in [0.1, 0.15) is 18.1 Å². The van der Waals surface area contributed by atoms with Crippen molar-refractivity contribution in [2.45, 2.75) is 26.1 Å². The molecule has 2 aromatic carbocycles. The number of fused-ring (bicyclic) bond motifs is 1. The third-order valence-electron chi connectivity index (χ3n) is 4.42. The normalized spacial score (nSPS) is 17.1. The highest BCUT2D eigenvalue weighted by molar-refractivity contribution is 5.78. The Labute approximate surface area is 148 Å². The third-order valence-corrected chi connectivity index (χ3v) is 4.42. The Morgan fingerprint density at radius 3 is 2.96 bits per heavy atom. The molecule has 0 bridgehead atoms. The van der Waals surface area contributed by atoms with E-state index in [2.05, 4.69) is 23.2 Å². The molecule has 5 nitrogen and oxygen atoms in total. The molecule has 0 aliphatic carbocycles. The fourth-order valence-electron chi connectivity index (χ4n) is 2.90. The SMILES string of the molecule is COc1cccc(CNC(=O)CN2Cc3ccccc3OCC2C)c1. The first kappa shape index (κ1) is 17.3. The molecule has 1 atom stereocenters. The summed E-state index contributed by atoms with van der Waals surface area (Å²) >= 11 is 0. The molecule has 132 valence electrons. The lowest BCUT2D eigenvalue weighted by Gasteiger charge is -2.25. The summed E-state index contributed by atoms with van der Waals surface area (Å²) < 4.78 is 11.0. The first-order valence-corrected chi connectivity index (χ1v) is 8.50. The van der Waals surface area contributed by atoms with Crippen molar-refractivity contribution in [3.05, 3.63) is 59.7 Å². The zero-order valence-corrected chi connectivity index (χ0v) is 14.7. The van der Waals surface area contributed by atoms with Crippen LogP contribution in [-0.4, -0.2) is 37.1 Å². The number of benzene rings is 2. The molecule has 2 aromatic rings. The summed E-state index contributed by atoms with van der Waals surface area (Å²) in [5.41, 5.74) is 2.14. The maximum Gasteiger partial charge on any atom is 0.234 e. The van der Waals surface area contributed by atoms with Crippen LogP contribution in [-0.2, 0) is 17.9 Å². The van der Waals surface area contributed by atoms with Gasteiger partial charge in [0.15, 0.2) is 0 Å². The maximum atomic E-state index is 12.4. The standard InChI is InChI=1S/C20H24N2O3/c1-15-14-25-19-9-4-3-7-17(19)12-22(15)13-20(23)21-11-16-6-5-8-18(10-16)24-2/h3-10,15H,11-14H2,1-2H3,(H,21,23). The van der Waals surface area contributed by atoms with Crippen molar-refractivity contribution in [1.29, 1.82) is 0 Å². The van der Waals surface area contributed by atoms with Crippen molar-refractivity contribution < 1.29 is 14.3 Å². The van der Waals surface area contributed by atoms with E-state index in [9.17, 15) is 4.79 Å². The van der Waals surface area contributed by atoms with Crippen LogP contribution in [0.15, 0.2) is 48.5 Å². The van der Waals surface area contributed by atoms with Crippen LogP contribution in [0.4, 0.5) is 0 Å². The van der Waals surface area contributed by atoms with Gasteiger partial charge in [-0.15, -0.1) is 0 Å². The van der Waals surface area contributed by atoms with Crippen molar-refractivity contribution in [3.8, 4) is 11.5 Å². The van der Waals surface area contributed by atoms with E-state index >= 15 is 0 Å². The Balaban J connectivity index is 1.58. The average Bonchev–Trinajstić information content (AvgIpc) is 2.79. The van der Waals surface area contributed by atoms with Gasteiger partial charge >= 0.3 is 0 Å². The Morgan fingerprint density at radius 2 is 2.12 bits per heavy atom. The van der Waals surface area contributed by atoms with Crippen molar-refractivity contribution >= 4 is 5.91 Å². The van der Waals surface area contributed by atoms with E-state index in [1.54, 1.807) is 7.11 Å². The lowest BCUT2D eigenvalue weighted by atomic mass is 10.2. The molecular weight excluding hydrogens is 316 g/mol. The molecule has 0 radical (unpaired) electrons. The molecule has 0 fully saturated rings. The summed E-state index contributed by atoms with van der Waals surface area (Å²) in [6.07, 6.45) is 0. The number of para-hydroxylation sites is 1. The van der Waals surface area contributed by atoms with Crippen molar-refractivity contribution in [3.63, 3.8) is 0 Å². The molecule has 0 saturated carbocycles. The molecule has 1 N–H and O–H groups in total. The molecule has 1 heterocycles. The molecule has 0 aromatic heterocycles. The van der Waals surface area contributed by atoms with Crippen molar-refractivity contribution in [2.75, 3.05) is 20.3 Å². The predicted molar refractivity (Wildman–Crippen MR) is 96.6 cm³/mol. The number of carbonyl (C=O) groups is 1. The van der Waals surface area contributed by atoms with Crippen LogP contribution < -0.4 is 14.8 Å². The molecule has 1 amide bonds. The summed E-state index contributed by atoms with van der Waals surface area (Å²) in [4.78, 5) is 14.5. The van der Waals surface area contributed by atoms with Gasteiger partial charge in [0.2, 0.25) is 5.91 Å².